The topological polar surface area (TPSA) is 84.5 Å². The lowest BCUT2D eigenvalue weighted by Gasteiger charge is -2.14. The molecule has 0 heterocycles. The minimum atomic E-state index is -3.70. The van der Waals surface area contributed by atoms with E-state index in [0.717, 1.165) is 0 Å². The fourth-order valence-electron chi connectivity index (χ4n) is 2.16. The van der Waals surface area contributed by atoms with E-state index in [1.165, 1.54) is 42.5 Å². The molecule has 0 saturated heterocycles. The van der Waals surface area contributed by atoms with Crippen molar-refractivity contribution in [1.82, 2.24) is 4.72 Å². The zero-order valence-corrected chi connectivity index (χ0v) is 14.7. The van der Waals surface area contributed by atoms with E-state index in [9.17, 15) is 17.6 Å². The lowest BCUT2D eigenvalue weighted by atomic mass is 10.2. The van der Waals surface area contributed by atoms with E-state index in [1.54, 1.807) is 13.8 Å². The molecule has 0 saturated carbocycles. The lowest BCUT2D eigenvalue weighted by molar-refractivity contribution is 0.102. The number of amides is 1. The van der Waals surface area contributed by atoms with Crippen LogP contribution in [0.2, 0.25) is 0 Å². The van der Waals surface area contributed by atoms with Gasteiger partial charge in [0, 0.05) is 6.54 Å². The van der Waals surface area contributed by atoms with Crippen LogP contribution in [0, 0.1) is 5.82 Å². The first-order chi connectivity index (χ1) is 11.9. The van der Waals surface area contributed by atoms with Crippen LogP contribution >= 0.6 is 0 Å². The number of hydrogen-bond acceptors (Lipinski definition) is 4. The zero-order chi connectivity index (χ0) is 18.4. The Morgan fingerprint density at radius 3 is 2.52 bits per heavy atom. The third-order valence-corrected chi connectivity index (χ3v) is 4.81. The number of benzene rings is 2. The van der Waals surface area contributed by atoms with Crippen LogP contribution in [0.15, 0.2) is 47.4 Å². The van der Waals surface area contributed by atoms with E-state index in [1.807, 2.05) is 0 Å². The highest BCUT2D eigenvalue weighted by molar-refractivity contribution is 7.89. The number of hydrogen-bond donors (Lipinski definition) is 2. The van der Waals surface area contributed by atoms with Crippen LogP contribution in [-0.2, 0) is 10.0 Å². The minimum absolute atomic E-state index is 0.0263. The maximum Gasteiger partial charge on any atom is 0.258 e. The summed E-state index contributed by atoms with van der Waals surface area (Å²) in [5.74, 6) is -1.07. The van der Waals surface area contributed by atoms with Crippen molar-refractivity contribution in [1.29, 1.82) is 0 Å². The summed E-state index contributed by atoms with van der Waals surface area (Å²) in [4.78, 5) is 12.3. The lowest BCUT2D eigenvalue weighted by Crippen LogP contribution is -2.23. The van der Waals surface area contributed by atoms with E-state index in [2.05, 4.69) is 10.0 Å². The Labute approximate surface area is 146 Å². The van der Waals surface area contributed by atoms with Gasteiger partial charge in [-0.1, -0.05) is 19.1 Å². The Morgan fingerprint density at radius 1 is 1.16 bits per heavy atom. The second-order valence-electron chi connectivity index (χ2n) is 5.03. The highest BCUT2D eigenvalue weighted by Crippen LogP contribution is 2.28. The number of halogens is 1. The smallest absolute Gasteiger partial charge is 0.258 e. The van der Waals surface area contributed by atoms with Gasteiger partial charge in [-0.25, -0.2) is 17.5 Å². The number of ether oxygens (including phenoxy) is 1. The van der Waals surface area contributed by atoms with Gasteiger partial charge in [0.1, 0.15) is 11.6 Å². The molecular weight excluding hydrogens is 347 g/mol. The summed E-state index contributed by atoms with van der Waals surface area (Å²) >= 11 is 0. The summed E-state index contributed by atoms with van der Waals surface area (Å²) in [7, 11) is -3.70. The Hall–Kier alpha value is -2.45. The summed E-state index contributed by atoms with van der Waals surface area (Å²) in [6.45, 7) is 3.97. The number of nitrogens with one attached hydrogen (secondary N) is 2. The maximum absolute atomic E-state index is 13.8. The molecule has 25 heavy (non-hydrogen) atoms. The van der Waals surface area contributed by atoms with Crippen LogP contribution in [-0.4, -0.2) is 27.5 Å². The average Bonchev–Trinajstić information content (AvgIpc) is 2.56. The van der Waals surface area contributed by atoms with E-state index in [0.29, 0.717) is 12.4 Å². The Morgan fingerprint density at radius 2 is 1.88 bits per heavy atom. The monoisotopic (exact) mass is 366 g/mol. The molecule has 0 spiro atoms. The van der Waals surface area contributed by atoms with Gasteiger partial charge in [-0.3, -0.25) is 4.79 Å². The Kier molecular flexibility index (Phi) is 6.11. The van der Waals surface area contributed by atoms with Crippen molar-refractivity contribution in [3.8, 4) is 5.75 Å². The molecule has 0 aliphatic rings. The van der Waals surface area contributed by atoms with Crippen molar-refractivity contribution >= 4 is 21.6 Å². The molecule has 0 atom stereocenters. The average molecular weight is 366 g/mol. The predicted molar refractivity (Wildman–Crippen MR) is 92.8 cm³/mol. The molecule has 8 heteroatoms. The fraction of sp³-hybridized carbons (Fsp3) is 0.235. The molecule has 2 aromatic rings. The molecule has 6 nitrogen and oxygen atoms in total. The van der Waals surface area contributed by atoms with E-state index < -0.39 is 21.7 Å². The first-order valence-electron chi connectivity index (χ1n) is 7.71. The summed E-state index contributed by atoms with van der Waals surface area (Å²) in [6, 6.07) is 9.62. The number of carbonyl (C=O) groups excluding carboxylic acids is 1. The van der Waals surface area contributed by atoms with Crippen LogP contribution in [0.4, 0.5) is 10.1 Å². The van der Waals surface area contributed by atoms with Crippen molar-refractivity contribution in [2.24, 2.45) is 0 Å². The molecule has 0 aliphatic heterocycles. The van der Waals surface area contributed by atoms with Crippen LogP contribution in [0.1, 0.15) is 24.2 Å². The van der Waals surface area contributed by atoms with Gasteiger partial charge in [0.25, 0.3) is 5.91 Å². The molecule has 0 fully saturated rings. The molecule has 0 radical (unpaired) electrons. The van der Waals surface area contributed by atoms with Crippen molar-refractivity contribution in [3.05, 3.63) is 53.8 Å². The van der Waals surface area contributed by atoms with Crippen molar-refractivity contribution < 1.29 is 22.3 Å². The standard InChI is InChI=1S/C17H19FN2O4S/c1-3-19-25(22,23)12-9-10-16(24-4-2)15(11-12)20-17(21)13-7-5-6-8-14(13)18/h5-11,19H,3-4H2,1-2H3,(H,20,21). The van der Waals surface area contributed by atoms with Crippen LogP contribution in [0.25, 0.3) is 0 Å². The van der Waals surface area contributed by atoms with Crippen LogP contribution in [0.5, 0.6) is 5.75 Å². The summed E-state index contributed by atoms with van der Waals surface area (Å²) in [5, 5.41) is 2.51. The number of carbonyl (C=O) groups is 1. The summed E-state index contributed by atoms with van der Waals surface area (Å²) in [5.41, 5.74) is -0.000951. The maximum atomic E-state index is 13.8. The SMILES string of the molecule is CCNS(=O)(=O)c1ccc(OCC)c(NC(=O)c2ccccc2F)c1. The molecule has 0 unspecified atom stereocenters. The minimum Gasteiger partial charge on any atom is -0.492 e. The fourth-order valence-corrected chi connectivity index (χ4v) is 3.23. The van der Waals surface area contributed by atoms with Crippen molar-refractivity contribution in [2.45, 2.75) is 18.7 Å². The Bertz CT molecular complexity index is 869. The van der Waals surface area contributed by atoms with Gasteiger partial charge >= 0.3 is 0 Å². The van der Waals surface area contributed by atoms with Gasteiger partial charge in [-0.05, 0) is 37.3 Å². The van der Waals surface area contributed by atoms with Gasteiger partial charge in [0.05, 0.1) is 22.8 Å². The molecule has 134 valence electrons. The quantitative estimate of drug-likeness (QED) is 0.789. The summed E-state index contributed by atoms with van der Waals surface area (Å²) in [6.07, 6.45) is 0. The summed E-state index contributed by atoms with van der Waals surface area (Å²) < 4.78 is 45.8. The van der Waals surface area contributed by atoms with E-state index >= 15 is 0 Å². The third-order valence-electron chi connectivity index (χ3n) is 3.26. The van der Waals surface area contributed by atoms with Crippen LogP contribution in [0.3, 0.4) is 0 Å². The first kappa shape index (κ1) is 18.9. The molecule has 2 N–H and O–H groups in total. The third kappa shape index (κ3) is 4.55. The molecular formula is C17H19FN2O4S. The molecule has 2 aromatic carbocycles. The zero-order valence-electron chi connectivity index (χ0n) is 13.9. The second kappa shape index (κ2) is 8.09. The molecule has 2 rings (SSSR count). The normalized spacial score (nSPS) is 11.2. The first-order valence-corrected chi connectivity index (χ1v) is 9.19. The second-order valence-corrected chi connectivity index (χ2v) is 6.79. The van der Waals surface area contributed by atoms with Gasteiger partial charge in [0.2, 0.25) is 10.0 Å². The highest BCUT2D eigenvalue weighted by atomic mass is 32.2. The number of anilines is 1. The Balaban J connectivity index is 2.40. The van der Waals surface area contributed by atoms with Crippen molar-refractivity contribution in [3.63, 3.8) is 0 Å². The van der Waals surface area contributed by atoms with E-state index in [4.69, 9.17) is 4.74 Å². The highest BCUT2D eigenvalue weighted by Gasteiger charge is 2.18. The molecule has 0 bridgehead atoms. The van der Waals surface area contributed by atoms with Gasteiger partial charge in [0.15, 0.2) is 0 Å². The predicted octanol–water partition coefficient (Wildman–Crippen LogP) is 2.77. The van der Waals surface area contributed by atoms with Gasteiger partial charge in [-0.15, -0.1) is 0 Å². The van der Waals surface area contributed by atoms with Crippen LogP contribution < -0.4 is 14.8 Å². The molecule has 0 aliphatic carbocycles. The van der Waals surface area contributed by atoms with E-state index in [-0.39, 0.29) is 22.7 Å². The molecule has 1 amide bonds. The number of sulfonamides is 1. The van der Waals surface area contributed by atoms with Crippen molar-refractivity contribution in [2.75, 3.05) is 18.5 Å². The number of rotatable bonds is 7. The van der Waals surface area contributed by atoms with Gasteiger partial charge < -0.3 is 10.1 Å². The largest absolute Gasteiger partial charge is 0.492 e. The molecule has 0 aromatic heterocycles. The van der Waals surface area contributed by atoms with Gasteiger partial charge in [-0.2, -0.15) is 0 Å².